The van der Waals surface area contributed by atoms with E-state index in [1.807, 2.05) is 69.3 Å². The first-order valence-electron chi connectivity index (χ1n) is 9.76. The summed E-state index contributed by atoms with van der Waals surface area (Å²) < 4.78 is 0. The second kappa shape index (κ2) is 10.9. The van der Waals surface area contributed by atoms with Gasteiger partial charge < -0.3 is 10.2 Å². The van der Waals surface area contributed by atoms with E-state index in [0.717, 1.165) is 11.1 Å². The van der Waals surface area contributed by atoms with Crippen LogP contribution in [0.5, 0.6) is 0 Å². The molecule has 2 rings (SSSR count). The third-order valence-corrected chi connectivity index (χ3v) is 4.93. The summed E-state index contributed by atoms with van der Waals surface area (Å²) >= 11 is 6.32. The first-order valence-corrected chi connectivity index (χ1v) is 10.1. The molecule has 0 aromatic heterocycles. The average molecular weight is 401 g/mol. The summed E-state index contributed by atoms with van der Waals surface area (Å²) in [5.74, 6) is 0.132. The Morgan fingerprint density at radius 3 is 2.29 bits per heavy atom. The molecule has 28 heavy (non-hydrogen) atoms. The fourth-order valence-corrected chi connectivity index (χ4v) is 3.19. The van der Waals surface area contributed by atoms with Crippen LogP contribution in [-0.4, -0.2) is 29.3 Å². The zero-order valence-corrected chi connectivity index (χ0v) is 17.6. The van der Waals surface area contributed by atoms with Crippen molar-refractivity contribution in [2.24, 2.45) is 5.92 Å². The molecule has 0 aliphatic heterocycles. The Labute approximate surface area is 172 Å². The predicted octanol–water partition coefficient (Wildman–Crippen LogP) is 4.46. The minimum atomic E-state index is -0.593. The summed E-state index contributed by atoms with van der Waals surface area (Å²) in [6.45, 7) is 6.78. The molecule has 2 aromatic rings. The van der Waals surface area contributed by atoms with Crippen LogP contribution in [0, 0.1) is 5.92 Å². The molecule has 0 aliphatic carbocycles. The van der Waals surface area contributed by atoms with Gasteiger partial charge in [-0.15, -0.1) is 0 Å². The van der Waals surface area contributed by atoms with Gasteiger partial charge in [0, 0.05) is 31.0 Å². The third kappa shape index (κ3) is 6.38. The van der Waals surface area contributed by atoms with Gasteiger partial charge in [-0.2, -0.15) is 0 Å². The number of benzene rings is 2. The lowest BCUT2D eigenvalue weighted by molar-refractivity contribution is -0.141. The highest BCUT2D eigenvalue weighted by Gasteiger charge is 2.29. The van der Waals surface area contributed by atoms with Gasteiger partial charge in [0.05, 0.1) is 0 Å². The quantitative estimate of drug-likeness (QED) is 0.675. The molecule has 0 radical (unpaired) electrons. The molecule has 0 fully saturated rings. The van der Waals surface area contributed by atoms with Gasteiger partial charge in [-0.3, -0.25) is 9.59 Å². The first kappa shape index (κ1) is 22.0. The van der Waals surface area contributed by atoms with Crippen LogP contribution in [0.25, 0.3) is 0 Å². The van der Waals surface area contributed by atoms with E-state index < -0.39 is 6.04 Å². The maximum atomic E-state index is 13.1. The van der Waals surface area contributed by atoms with Crippen LogP contribution < -0.4 is 5.32 Å². The highest BCUT2D eigenvalue weighted by molar-refractivity contribution is 6.31. The van der Waals surface area contributed by atoms with Crippen molar-refractivity contribution in [3.63, 3.8) is 0 Å². The summed E-state index contributed by atoms with van der Waals surface area (Å²) in [5, 5.41) is 3.59. The molecular formula is C23H29ClN2O2. The lowest BCUT2D eigenvalue weighted by Crippen LogP contribution is -2.50. The van der Waals surface area contributed by atoms with E-state index in [4.69, 9.17) is 11.6 Å². The van der Waals surface area contributed by atoms with Crippen LogP contribution in [0.2, 0.25) is 5.02 Å². The number of hydrogen-bond acceptors (Lipinski definition) is 2. The van der Waals surface area contributed by atoms with Crippen molar-refractivity contribution >= 4 is 23.4 Å². The molecule has 2 amide bonds. The second-order valence-corrected chi connectivity index (χ2v) is 7.72. The van der Waals surface area contributed by atoms with Crippen molar-refractivity contribution in [1.29, 1.82) is 0 Å². The largest absolute Gasteiger partial charge is 0.354 e. The van der Waals surface area contributed by atoms with Gasteiger partial charge in [-0.1, -0.05) is 80.9 Å². The van der Waals surface area contributed by atoms with Crippen LogP contribution in [-0.2, 0) is 22.6 Å². The molecule has 150 valence electrons. The van der Waals surface area contributed by atoms with E-state index in [1.165, 1.54) is 0 Å². The van der Waals surface area contributed by atoms with Crippen LogP contribution >= 0.6 is 11.6 Å². The first-order chi connectivity index (χ1) is 13.4. The predicted molar refractivity (Wildman–Crippen MR) is 114 cm³/mol. The Hall–Kier alpha value is -2.33. The smallest absolute Gasteiger partial charge is 0.243 e. The molecule has 4 nitrogen and oxygen atoms in total. The van der Waals surface area contributed by atoms with E-state index in [-0.39, 0.29) is 11.8 Å². The molecule has 2 aromatic carbocycles. The molecule has 1 atom stereocenters. The highest BCUT2D eigenvalue weighted by atomic mass is 35.5. The van der Waals surface area contributed by atoms with Gasteiger partial charge in [-0.25, -0.2) is 0 Å². The zero-order chi connectivity index (χ0) is 20.5. The minimum absolute atomic E-state index is 0.0689. The van der Waals surface area contributed by atoms with Crippen LogP contribution in [0.1, 0.15) is 38.3 Å². The van der Waals surface area contributed by atoms with Gasteiger partial charge in [-0.05, 0) is 23.1 Å². The molecule has 1 unspecified atom stereocenters. The number of nitrogens with one attached hydrogen (secondary N) is 1. The lowest BCUT2D eigenvalue weighted by atomic mass is 10.0. The Balaban J connectivity index is 2.34. The van der Waals surface area contributed by atoms with E-state index in [2.05, 4.69) is 5.32 Å². The van der Waals surface area contributed by atoms with Gasteiger partial charge >= 0.3 is 0 Å². The molecular weight excluding hydrogens is 372 g/mol. The number of carbonyl (C=O) groups excluding carboxylic acids is 2. The number of carbonyl (C=O) groups is 2. The van der Waals surface area contributed by atoms with Crippen molar-refractivity contribution in [3.05, 3.63) is 70.7 Å². The maximum Gasteiger partial charge on any atom is 0.243 e. The van der Waals surface area contributed by atoms with Gasteiger partial charge in [0.2, 0.25) is 11.8 Å². The Morgan fingerprint density at radius 2 is 1.68 bits per heavy atom. The molecule has 1 N–H and O–H groups in total. The topological polar surface area (TPSA) is 49.4 Å². The second-order valence-electron chi connectivity index (χ2n) is 7.31. The van der Waals surface area contributed by atoms with E-state index in [9.17, 15) is 9.59 Å². The van der Waals surface area contributed by atoms with Crippen molar-refractivity contribution in [2.75, 3.05) is 6.54 Å². The molecule has 5 heteroatoms. The summed E-state index contributed by atoms with van der Waals surface area (Å²) in [6, 6.07) is 16.6. The number of halogens is 1. The van der Waals surface area contributed by atoms with Crippen molar-refractivity contribution in [1.82, 2.24) is 10.2 Å². The van der Waals surface area contributed by atoms with Crippen molar-refractivity contribution in [2.45, 2.75) is 46.2 Å². The Bertz CT molecular complexity index is 777. The van der Waals surface area contributed by atoms with Gasteiger partial charge in [0.25, 0.3) is 0 Å². The van der Waals surface area contributed by atoms with E-state index in [1.54, 1.807) is 11.0 Å². The summed E-state index contributed by atoms with van der Waals surface area (Å²) in [7, 11) is 0. The monoisotopic (exact) mass is 400 g/mol. The fourth-order valence-electron chi connectivity index (χ4n) is 2.99. The summed E-state index contributed by atoms with van der Waals surface area (Å²) in [5.41, 5.74) is 1.85. The van der Waals surface area contributed by atoms with Crippen LogP contribution in [0.3, 0.4) is 0 Å². The van der Waals surface area contributed by atoms with Gasteiger partial charge in [0.15, 0.2) is 0 Å². The van der Waals surface area contributed by atoms with Gasteiger partial charge in [0.1, 0.15) is 6.04 Å². The number of amides is 2. The van der Waals surface area contributed by atoms with Crippen LogP contribution in [0.15, 0.2) is 54.6 Å². The zero-order valence-electron chi connectivity index (χ0n) is 16.8. The number of hydrogen-bond donors (Lipinski definition) is 1. The summed E-state index contributed by atoms with van der Waals surface area (Å²) in [6.07, 6.45) is 0.786. The average Bonchev–Trinajstić information content (AvgIpc) is 2.70. The fraction of sp³-hybridized carbons (Fsp3) is 0.391. The normalized spacial score (nSPS) is 11.9. The molecule has 0 saturated carbocycles. The Morgan fingerprint density at radius 1 is 1.04 bits per heavy atom. The third-order valence-electron chi connectivity index (χ3n) is 4.56. The van der Waals surface area contributed by atoms with Crippen molar-refractivity contribution in [3.8, 4) is 0 Å². The van der Waals surface area contributed by atoms with Crippen molar-refractivity contribution < 1.29 is 9.59 Å². The molecule has 0 aliphatic rings. The number of nitrogens with zero attached hydrogens (tertiary/aromatic N) is 1. The molecule has 0 bridgehead atoms. The number of rotatable bonds is 9. The summed E-state index contributed by atoms with van der Waals surface area (Å²) in [4.78, 5) is 27.5. The highest BCUT2D eigenvalue weighted by Crippen LogP contribution is 2.21. The van der Waals surface area contributed by atoms with Crippen LogP contribution in [0.4, 0.5) is 0 Å². The van der Waals surface area contributed by atoms with E-state index in [0.29, 0.717) is 36.9 Å². The molecule has 0 saturated heterocycles. The lowest BCUT2D eigenvalue weighted by Gasteiger charge is -2.31. The minimum Gasteiger partial charge on any atom is -0.354 e. The molecule has 0 spiro atoms. The standard InChI is InChI=1S/C23H29ClN2O2/c1-4-22(27)26(16-19-12-8-9-13-20(19)24)21(23(28)25-15-17(2)3)14-18-10-6-5-7-11-18/h5-13,17,21H,4,14-16H2,1-3H3,(H,25,28). The maximum absolute atomic E-state index is 13.1. The Kier molecular flexibility index (Phi) is 8.52. The van der Waals surface area contributed by atoms with E-state index >= 15 is 0 Å². The SMILES string of the molecule is CCC(=O)N(Cc1ccccc1Cl)C(Cc1ccccc1)C(=O)NCC(C)C. The molecule has 0 heterocycles.